The molecule has 0 saturated carbocycles. The number of nitrogens with zero attached hydrogens (tertiary/aromatic N) is 4. The molecule has 7 heteroatoms. The number of rotatable bonds is 3. The Morgan fingerprint density at radius 1 is 1.45 bits per heavy atom. The number of aromatic nitrogens is 4. The summed E-state index contributed by atoms with van der Waals surface area (Å²) >= 11 is 6.85. The van der Waals surface area contributed by atoms with Crippen LogP contribution < -0.4 is 0 Å². The van der Waals surface area contributed by atoms with Crippen LogP contribution >= 0.6 is 23.6 Å². The minimum Gasteiger partial charge on any atom is -0.264 e. The molecule has 0 fully saturated rings. The number of aryl methyl sites for hydroxylation is 1. The number of hydrogen-bond acceptors (Lipinski definition) is 5. The summed E-state index contributed by atoms with van der Waals surface area (Å²) in [5, 5.41) is 13.4. The fourth-order valence-electron chi connectivity index (χ4n) is 1.71. The minimum atomic E-state index is 0.453. The molecule has 0 aromatic carbocycles. The molecule has 3 rings (SSSR count). The van der Waals surface area contributed by atoms with Crippen LogP contribution in [0.1, 0.15) is 10.4 Å². The maximum atomic E-state index is 5.21. The van der Waals surface area contributed by atoms with Crippen molar-refractivity contribution in [3.8, 4) is 11.4 Å². The molecule has 5 nitrogen and oxygen atoms in total. The lowest BCUT2D eigenvalue weighted by Gasteiger charge is -1.99. The van der Waals surface area contributed by atoms with E-state index in [4.69, 9.17) is 12.2 Å². The normalized spacial score (nSPS) is 11.2. The molecule has 0 aliphatic rings. The summed E-state index contributed by atoms with van der Waals surface area (Å²) in [4.78, 5) is 5.19. The first-order valence-electron chi connectivity index (χ1n) is 5.92. The van der Waals surface area contributed by atoms with Crippen LogP contribution in [0.4, 0.5) is 0 Å². The number of pyridine rings is 1. The molecule has 0 radical (unpaired) electrons. The average molecular weight is 301 g/mol. The zero-order valence-electron chi connectivity index (χ0n) is 10.6. The Hall–Kier alpha value is -2.12. The van der Waals surface area contributed by atoms with Gasteiger partial charge in [-0.2, -0.15) is 14.9 Å². The summed E-state index contributed by atoms with van der Waals surface area (Å²) in [6.45, 7) is 2.05. The van der Waals surface area contributed by atoms with E-state index in [0.717, 1.165) is 10.4 Å². The number of thiophene rings is 1. The molecule has 20 heavy (non-hydrogen) atoms. The third kappa shape index (κ3) is 2.45. The SMILES string of the molecule is Cc1ccsc1/C=N/n1c(-c2cccnc2)n[nH]c1=S. The van der Waals surface area contributed by atoms with E-state index in [-0.39, 0.29) is 0 Å². The van der Waals surface area contributed by atoms with Crippen molar-refractivity contribution in [2.45, 2.75) is 6.92 Å². The highest BCUT2D eigenvalue weighted by Gasteiger charge is 2.07. The van der Waals surface area contributed by atoms with Crippen LogP contribution in [0.15, 0.2) is 41.1 Å². The predicted molar refractivity (Wildman–Crippen MR) is 82.7 cm³/mol. The van der Waals surface area contributed by atoms with Gasteiger partial charge in [0.25, 0.3) is 0 Å². The van der Waals surface area contributed by atoms with Crippen molar-refractivity contribution in [1.29, 1.82) is 0 Å². The summed E-state index contributed by atoms with van der Waals surface area (Å²) in [6.07, 6.45) is 5.24. The van der Waals surface area contributed by atoms with E-state index >= 15 is 0 Å². The smallest absolute Gasteiger partial charge is 0.216 e. The molecule has 0 atom stereocenters. The van der Waals surface area contributed by atoms with Gasteiger partial charge < -0.3 is 0 Å². The predicted octanol–water partition coefficient (Wildman–Crippen LogP) is 3.25. The lowest BCUT2D eigenvalue weighted by atomic mass is 10.3. The van der Waals surface area contributed by atoms with Crippen LogP contribution in [-0.2, 0) is 0 Å². The highest BCUT2D eigenvalue weighted by atomic mass is 32.1. The van der Waals surface area contributed by atoms with E-state index in [1.54, 1.807) is 34.6 Å². The Balaban J connectivity index is 2.03. The summed E-state index contributed by atoms with van der Waals surface area (Å²) in [5.74, 6) is 0.647. The lowest BCUT2D eigenvalue weighted by molar-refractivity contribution is 0.871. The molecule has 0 aliphatic heterocycles. The van der Waals surface area contributed by atoms with Gasteiger partial charge in [-0.1, -0.05) is 0 Å². The third-order valence-corrected chi connectivity index (χ3v) is 3.98. The first-order chi connectivity index (χ1) is 9.75. The zero-order valence-corrected chi connectivity index (χ0v) is 12.3. The summed E-state index contributed by atoms with van der Waals surface area (Å²) < 4.78 is 2.06. The molecule has 0 saturated heterocycles. The van der Waals surface area contributed by atoms with Crippen LogP contribution in [0.25, 0.3) is 11.4 Å². The van der Waals surface area contributed by atoms with Gasteiger partial charge in [0.1, 0.15) is 0 Å². The lowest BCUT2D eigenvalue weighted by Crippen LogP contribution is -1.95. The van der Waals surface area contributed by atoms with E-state index in [1.807, 2.05) is 17.5 Å². The summed E-state index contributed by atoms with van der Waals surface area (Å²) in [6, 6.07) is 5.83. The first kappa shape index (κ1) is 12.9. The number of H-pyrrole nitrogens is 1. The molecular formula is C13H11N5S2. The molecule has 0 spiro atoms. The quantitative estimate of drug-likeness (QED) is 0.597. The van der Waals surface area contributed by atoms with Gasteiger partial charge in [0, 0.05) is 18.0 Å². The number of aromatic amines is 1. The Morgan fingerprint density at radius 3 is 3.05 bits per heavy atom. The maximum absolute atomic E-state index is 5.21. The Bertz CT molecular complexity index is 798. The number of nitrogens with one attached hydrogen (secondary N) is 1. The van der Waals surface area contributed by atoms with Crippen LogP contribution in [0, 0.1) is 11.7 Å². The van der Waals surface area contributed by atoms with Crippen LogP contribution in [-0.4, -0.2) is 26.1 Å². The van der Waals surface area contributed by atoms with Gasteiger partial charge in [0.2, 0.25) is 4.77 Å². The van der Waals surface area contributed by atoms with Crippen LogP contribution in [0.2, 0.25) is 0 Å². The maximum Gasteiger partial charge on any atom is 0.216 e. The third-order valence-electron chi connectivity index (χ3n) is 2.76. The van der Waals surface area contributed by atoms with Crippen molar-refractivity contribution in [1.82, 2.24) is 19.9 Å². The highest BCUT2D eigenvalue weighted by Crippen LogP contribution is 2.16. The second kappa shape index (κ2) is 5.48. The van der Waals surface area contributed by atoms with Gasteiger partial charge in [-0.25, -0.2) is 5.10 Å². The molecule has 0 unspecified atom stereocenters. The Kier molecular flexibility index (Phi) is 3.53. The van der Waals surface area contributed by atoms with Crippen molar-refractivity contribution in [2.24, 2.45) is 5.10 Å². The highest BCUT2D eigenvalue weighted by molar-refractivity contribution is 7.71. The van der Waals surface area contributed by atoms with Crippen molar-refractivity contribution < 1.29 is 0 Å². The van der Waals surface area contributed by atoms with Crippen molar-refractivity contribution in [3.63, 3.8) is 0 Å². The van der Waals surface area contributed by atoms with Gasteiger partial charge in [-0.15, -0.1) is 11.3 Å². The Labute approximate surface area is 124 Å². The van der Waals surface area contributed by atoms with Crippen LogP contribution in [0.5, 0.6) is 0 Å². The second-order valence-electron chi connectivity index (χ2n) is 4.12. The van der Waals surface area contributed by atoms with E-state index in [9.17, 15) is 0 Å². The van der Waals surface area contributed by atoms with Crippen molar-refractivity contribution in [2.75, 3.05) is 0 Å². The van der Waals surface area contributed by atoms with E-state index in [1.165, 1.54) is 5.56 Å². The first-order valence-corrected chi connectivity index (χ1v) is 7.21. The fraction of sp³-hybridized carbons (Fsp3) is 0.0769. The standard InChI is InChI=1S/C13H11N5S2/c1-9-4-6-20-11(9)8-15-18-12(16-17-13(18)19)10-3-2-5-14-7-10/h2-8H,1H3,(H,17,19)/b15-8+. The monoisotopic (exact) mass is 301 g/mol. The van der Waals surface area contributed by atoms with Crippen molar-refractivity contribution >= 4 is 29.8 Å². The van der Waals surface area contributed by atoms with Gasteiger partial charge in [-0.05, 0) is 48.3 Å². The van der Waals surface area contributed by atoms with Gasteiger partial charge in [-0.3, -0.25) is 4.98 Å². The van der Waals surface area contributed by atoms with Crippen molar-refractivity contribution in [3.05, 3.63) is 51.2 Å². The molecule has 3 heterocycles. The Morgan fingerprint density at radius 2 is 2.35 bits per heavy atom. The topological polar surface area (TPSA) is 58.9 Å². The van der Waals surface area contributed by atoms with E-state index < -0.39 is 0 Å². The largest absolute Gasteiger partial charge is 0.264 e. The zero-order chi connectivity index (χ0) is 13.9. The van der Waals surface area contributed by atoms with Gasteiger partial charge in [0.15, 0.2) is 5.82 Å². The molecule has 0 amide bonds. The van der Waals surface area contributed by atoms with E-state index in [0.29, 0.717) is 10.6 Å². The van der Waals surface area contributed by atoms with Gasteiger partial charge >= 0.3 is 0 Å². The summed E-state index contributed by atoms with van der Waals surface area (Å²) in [7, 11) is 0. The second-order valence-corrected chi connectivity index (χ2v) is 5.45. The molecule has 100 valence electrons. The molecule has 3 aromatic heterocycles. The molecular weight excluding hydrogens is 290 g/mol. The molecule has 1 N–H and O–H groups in total. The minimum absolute atomic E-state index is 0.453. The molecule has 0 aliphatic carbocycles. The average Bonchev–Trinajstić information content (AvgIpc) is 3.04. The molecule has 3 aromatic rings. The van der Waals surface area contributed by atoms with Crippen LogP contribution in [0.3, 0.4) is 0 Å². The molecule has 0 bridgehead atoms. The fourth-order valence-corrected chi connectivity index (χ4v) is 2.67. The van der Waals surface area contributed by atoms with E-state index in [2.05, 4.69) is 33.3 Å². The summed E-state index contributed by atoms with van der Waals surface area (Å²) in [5.41, 5.74) is 2.05. The number of hydrogen-bond donors (Lipinski definition) is 1. The van der Waals surface area contributed by atoms with Gasteiger partial charge in [0.05, 0.1) is 11.1 Å².